The molecule has 0 radical (unpaired) electrons. The van der Waals surface area contributed by atoms with Crippen molar-refractivity contribution in [1.82, 2.24) is 19.9 Å². The number of imidazole rings is 2. The second-order valence-corrected chi connectivity index (χ2v) is 4.02. The van der Waals surface area contributed by atoms with E-state index < -0.39 is 24.0 Å². The molecule has 0 saturated heterocycles. The Labute approximate surface area is 105 Å². The fourth-order valence-corrected chi connectivity index (χ4v) is 1.81. The number of nitrogens with one attached hydrogen (secondary N) is 2. The molecule has 0 amide bonds. The molecule has 106 valence electrons. The molecule has 0 aliphatic carbocycles. The van der Waals surface area contributed by atoms with Crippen LogP contribution in [0.1, 0.15) is 11.6 Å². The van der Waals surface area contributed by atoms with Gasteiger partial charge in [-0.3, -0.25) is 0 Å². The third-order valence-electron chi connectivity index (χ3n) is 2.64. The van der Waals surface area contributed by atoms with Crippen LogP contribution in [0, 0.1) is 0 Å². The number of halogens is 6. The molecule has 0 atom stereocenters. The highest BCUT2D eigenvalue weighted by Crippen LogP contribution is 2.33. The highest BCUT2D eigenvalue weighted by atomic mass is 19.4. The first-order valence-electron chi connectivity index (χ1n) is 5.19. The van der Waals surface area contributed by atoms with E-state index in [-0.39, 0.29) is 22.1 Å². The van der Waals surface area contributed by atoms with E-state index in [0.29, 0.717) is 0 Å². The molecule has 3 rings (SSSR count). The third-order valence-corrected chi connectivity index (χ3v) is 2.64. The Morgan fingerprint density at radius 3 is 1.35 bits per heavy atom. The van der Waals surface area contributed by atoms with Crippen molar-refractivity contribution in [3.8, 4) is 0 Å². The van der Waals surface area contributed by atoms with E-state index in [9.17, 15) is 26.3 Å². The first kappa shape index (κ1) is 12.8. The molecule has 0 fully saturated rings. The Morgan fingerprint density at radius 1 is 0.700 bits per heavy atom. The zero-order valence-corrected chi connectivity index (χ0v) is 9.32. The molecule has 0 saturated carbocycles. The van der Waals surface area contributed by atoms with Crippen LogP contribution in [0.3, 0.4) is 0 Å². The van der Waals surface area contributed by atoms with Gasteiger partial charge in [0.2, 0.25) is 11.6 Å². The minimum atomic E-state index is -4.71. The fourth-order valence-electron chi connectivity index (χ4n) is 1.81. The highest BCUT2D eigenvalue weighted by molar-refractivity contribution is 6.00. The third kappa shape index (κ3) is 1.87. The first-order valence-corrected chi connectivity index (χ1v) is 5.19. The summed E-state index contributed by atoms with van der Waals surface area (Å²) in [5, 5.41) is 0. The van der Waals surface area contributed by atoms with E-state index in [0.717, 1.165) is 0 Å². The lowest BCUT2D eigenvalue weighted by molar-refractivity contribution is -0.145. The van der Waals surface area contributed by atoms with Crippen molar-refractivity contribution in [3.05, 3.63) is 23.8 Å². The maximum absolute atomic E-state index is 12.5. The van der Waals surface area contributed by atoms with Crippen LogP contribution in [0.4, 0.5) is 26.3 Å². The van der Waals surface area contributed by atoms with Gasteiger partial charge < -0.3 is 9.97 Å². The standard InChI is InChI=1S/C10H4F6N4/c11-9(12,13)7-17-3-1-2-4-6(5(3)19-7)20-8(18-4)10(14,15)16/h1-2H,(H,17,19)(H,18,20). The predicted molar refractivity (Wildman–Crippen MR) is 55.7 cm³/mol. The van der Waals surface area contributed by atoms with Crippen LogP contribution in [0.5, 0.6) is 0 Å². The number of rotatable bonds is 0. The number of benzene rings is 1. The number of aromatic nitrogens is 4. The second kappa shape index (κ2) is 3.64. The summed E-state index contributed by atoms with van der Waals surface area (Å²) in [7, 11) is 0. The van der Waals surface area contributed by atoms with Gasteiger partial charge in [0, 0.05) is 0 Å². The number of hydrogen-bond donors (Lipinski definition) is 2. The molecule has 4 nitrogen and oxygen atoms in total. The molecule has 0 bridgehead atoms. The molecule has 10 heteroatoms. The van der Waals surface area contributed by atoms with E-state index in [4.69, 9.17) is 0 Å². The first-order chi connectivity index (χ1) is 9.16. The normalized spacial score (nSPS) is 13.5. The Balaban J connectivity index is 2.30. The number of fused-ring (bicyclic) bond motifs is 3. The van der Waals surface area contributed by atoms with Crippen LogP contribution < -0.4 is 0 Å². The Hall–Kier alpha value is -2.26. The summed E-state index contributed by atoms with van der Waals surface area (Å²) < 4.78 is 75.1. The van der Waals surface area contributed by atoms with Gasteiger partial charge in [-0.2, -0.15) is 26.3 Å². The Kier molecular flexibility index (Phi) is 2.32. The predicted octanol–water partition coefficient (Wildman–Crippen LogP) is 3.48. The molecule has 20 heavy (non-hydrogen) atoms. The largest absolute Gasteiger partial charge is 0.449 e. The average molecular weight is 294 g/mol. The average Bonchev–Trinajstić information content (AvgIpc) is 2.90. The van der Waals surface area contributed by atoms with Crippen LogP contribution in [0.2, 0.25) is 0 Å². The van der Waals surface area contributed by atoms with E-state index >= 15 is 0 Å². The van der Waals surface area contributed by atoms with Crippen molar-refractivity contribution in [2.45, 2.75) is 12.4 Å². The minimum Gasteiger partial charge on any atom is -0.334 e. The molecular formula is C10H4F6N4. The van der Waals surface area contributed by atoms with Gasteiger partial charge in [-0.25, -0.2) is 9.97 Å². The minimum absolute atomic E-state index is 0.0370. The maximum atomic E-state index is 12.5. The molecule has 2 N–H and O–H groups in total. The molecule has 0 unspecified atom stereocenters. The van der Waals surface area contributed by atoms with Gasteiger partial charge in [0.05, 0.1) is 11.0 Å². The Bertz CT molecular complexity index is 726. The lowest BCUT2D eigenvalue weighted by atomic mass is 10.3. The monoisotopic (exact) mass is 294 g/mol. The van der Waals surface area contributed by atoms with Crippen molar-refractivity contribution >= 4 is 22.1 Å². The molecule has 0 aliphatic heterocycles. The lowest BCUT2D eigenvalue weighted by Crippen LogP contribution is -2.07. The van der Waals surface area contributed by atoms with Gasteiger partial charge in [-0.05, 0) is 12.1 Å². The van der Waals surface area contributed by atoms with Crippen molar-refractivity contribution < 1.29 is 26.3 Å². The summed E-state index contributed by atoms with van der Waals surface area (Å²) in [4.78, 5) is 10.6. The summed E-state index contributed by atoms with van der Waals surface area (Å²) in [6.07, 6.45) is -9.43. The fraction of sp³-hybridized carbons (Fsp3) is 0.200. The summed E-state index contributed by atoms with van der Waals surface area (Å²) in [5.74, 6) is -2.56. The van der Waals surface area contributed by atoms with Crippen LogP contribution >= 0.6 is 0 Å². The van der Waals surface area contributed by atoms with Crippen molar-refractivity contribution in [3.63, 3.8) is 0 Å². The Morgan fingerprint density at radius 2 is 1.05 bits per heavy atom. The molecule has 2 aromatic heterocycles. The summed E-state index contributed by atoms with van der Waals surface area (Å²) >= 11 is 0. The van der Waals surface area contributed by atoms with Gasteiger partial charge >= 0.3 is 12.4 Å². The van der Waals surface area contributed by atoms with Crippen LogP contribution in [-0.2, 0) is 12.4 Å². The van der Waals surface area contributed by atoms with E-state index in [1.807, 2.05) is 9.97 Å². The summed E-state index contributed by atoms with van der Waals surface area (Å²) in [6, 6.07) is 2.41. The van der Waals surface area contributed by atoms with Crippen LogP contribution in [0.25, 0.3) is 22.1 Å². The second-order valence-electron chi connectivity index (χ2n) is 4.02. The zero-order chi connectivity index (χ0) is 14.7. The number of hydrogen-bond acceptors (Lipinski definition) is 2. The quantitative estimate of drug-likeness (QED) is 0.624. The van der Waals surface area contributed by atoms with Gasteiger partial charge in [0.1, 0.15) is 11.0 Å². The van der Waals surface area contributed by atoms with Crippen LogP contribution in [0.15, 0.2) is 12.1 Å². The molecule has 0 aliphatic rings. The topological polar surface area (TPSA) is 57.4 Å². The number of aromatic amines is 2. The smallest absolute Gasteiger partial charge is 0.334 e. The molecule has 1 aromatic carbocycles. The summed E-state index contributed by atoms with van der Waals surface area (Å²) in [6.45, 7) is 0. The van der Waals surface area contributed by atoms with Gasteiger partial charge in [-0.1, -0.05) is 0 Å². The van der Waals surface area contributed by atoms with E-state index in [2.05, 4.69) is 9.97 Å². The van der Waals surface area contributed by atoms with Gasteiger partial charge in [-0.15, -0.1) is 0 Å². The maximum Gasteiger partial charge on any atom is 0.449 e. The molecule has 0 spiro atoms. The van der Waals surface area contributed by atoms with E-state index in [1.54, 1.807) is 0 Å². The zero-order valence-electron chi connectivity index (χ0n) is 9.32. The summed E-state index contributed by atoms with van der Waals surface area (Å²) in [5.41, 5.74) is -0.599. The van der Waals surface area contributed by atoms with Gasteiger partial charge in [0.25, 0.3) is 0 Å². The molecule has 2 heterocycles. The van der Waals surface area contributed by atoms with Gasteiger partial charge in [0.15, 0.2) is 0 Å². The van der Waals surface area contributed by atoms with E-state index in [1.165, 1.54) is 12.1 Å². The molecular weight excluding hydrogens is 290 g/mol. The van der Waals surface area contributed by atoms with Crippen molar-refractivity contribution in [2.24, 2.45) is 0 Å². The van der Waals surface area contributed by atoms with Crippen LogP contribution in [-0.4, -0.2) is 19.9 Å². The lowest BCUT2D eigenvalue weighted by Gasteiger charge is -1.99. The molecule has 3 aromatic rings. The highest BCUT2D eigenvalue weighted by Gasteiger charge is 2.37. The SMILES string of the molecule is FC(F)(F)c1nc2c(ccc3[nH]c(C(F)(F)F)nc32)[nH]1. The van der Waals surface area contributed by atoms with Crippen molar-refractivity contribution in [2.75, 3.05) is 0 Å². The number of nitrogens with zero attached hydrogens (tertiary/aromatic N) is 2. The number of H-pyrrole nitrogens is 2. The van der Waals surface area contributed by atoms with Crippen molar-refractivity contribution in [1.29, 1.82) is 0 Å². The number of alkyl halides is 6.